The van der Waals surface area contributed by atoms with Crippen LogP contribution in [-0.4, -0.2) is 29.2 Å². The van der Waals surface area contributed by atoms with Gasteiger partial charge in [-0.25, -0.2) is 4.98 Å². The fourth-order valence-corrected chi connectivity index (χ4v) is 2.46. The van der Waals surface area contributed by atoms with Crippen LogP contribution in [-0.2, 0) is 6.54 Å². The van der Waals surface area contributed by atoms with Crippen molar-refractivity contribution >= 4 is 17.5 Å². The molecular formula is C19H21N5O2. The molecule has 0 saturated carbocycles. The Morgan fingerprint density at radius 2 is 1.69 bits per heavy atom. The number of hydrogen-bond acceptors (Lipinski definition) is 7. The first kappa shape index (κ1) is 17.5. The Kier molecular flexibility index (Phi) is 5.48. The molecule has 0 bridgehead atoms. The van der Waals surface area contributed by atoms with E-state index in [0.717, 1.165) is 16.9 Å². The summed E-state index contributed by atoms with van der Waals surface area (Å²) in [4.78, 5) is 13.0. The third-order valence-electron chi connectivity index (χ3n) is 3.71. The van der Waals surface area contributed by atoms with Crippen molar-refractivity contribution < 1.29 is 9.47 Å². The number of ether oxygens (including phenoxy) is 2. The topological polar surface area (TPSA) is 81.2 Å². The molecule has 0 unspecified atom stereocenters. The largest absolute Gasteiger partial charge is 0.493 e. The predicted molar refractivity (Wildman–Crippen MR) is 101 cm³/mol. The first-order valence-corrected chi connectivity index (χ1v) is 8.15. The fourth-order valence-electron chi connectivity index (χ4n) is 2.46. The zero-order valence-corrected chi connectivity index (χ0v) is 15.0. The highest BCUT2D eigenvalue weighted by Crippen LogP contribution is 2.31. The third kappa shape index (κ3) is 4.38. The van der Waals surface area contributed by atoms with Crippen LogP contribution >= 0.6 is 0 Å². The summed E-state index contributed by atoms with van der Waals surface area (Å²) >= 11 is 0. The fraction of sp³-hybridized carbons (Fsp3) is 0.211. The summed E-state index contributed by atoms with van der Waals surface area (Å²) in [5.74, 6) is 2.59. The van der Waals surface area contributed by atoms with Crippen LogP contribution in [0.4, 0.5) is 17.5 Å². The number of aromatic nitrogens is 3. The van der Waals surface area contributed by atoms with E-state index in [1.165, 1.54) is 0 Å². The molecule has 0 aliphatic heterocycles. The van der Waals surface area contributed by atoms with Gasteiger partial charge in [0.25, 0.3) is 0 Å². The predicted octanol–water partition coefficient (Wildman–Crippen LogP) is 3.55. The smallest absolute Gasteiger partial charge is 0.225 e. The Morgan fingerprint density at radius 3 is 2.42 bits per heavy atom. The van der Waals surface area contributed by atoms with Crippen molar-refractivity contribution in [2.45, 2.75) is 13.5 Å². The highest BCUT2D eigenvalue weighted by molar-refractivity contribution is 5.62. The summed E-state index contributed by atoms with van der Waals surface area (Å²) in [5.41, 5.74) is 2.82. The summed E-state index contributed by atoms with van der Waals surface area (Å²) in [7, 11) is 3.22. The average molecular weight is 351 g/mol. The number of benzene rings is 1. The van der Waals surface area contributed by atoms with Crippen LogP contribution in [0.3, 0.4) is 0 Å². The van der Waals surface area contributed by atoms with E-state index in [0.29, 0.717) is 29.8 Å². The Hall–Kier alpha value is -3.35. The lowest BCUT2D eigenvalue weighted by molar-refractivity contribution is 0.355. The maximum Gasteiger partial charge on any atom is 0.225 e. The third-order valence-corrected chi connectivity index (χ3v) is 3.71. The second kappa shape index (κ2) is 8.15. The summed E-state index contributed by atoms with van der Waals surface area (Å²) in [6.07, 6.45) is 3.52. The molecule has 2 aromatic heterocycles. The van der Waals surface area contributed by atoms with Gasteiger partial charge in [0.2, 0.25) is 5.95 Å². The number of methoxy groups -OCH3 is 2. The van der Waals surface area contributed by atoms with Crippen LogP contribution in [0.2, 0.25) is 0 Å². The van der Waals surface area contributed by atoms with Crippen molar-refractivity contribution in [3.63, 3.8) is 0 Å². The lowest BCUT2D eigenvalue weighted by Crippen LogP contribution is -2.06. The Labute approximate surface area is 152 Å². The summed E-state index contributed by atoms with van der Waals surface area (Å²) in [6, 6.07) is 11.4. The molecule has 7 nitrogen and oxygen atoms in total. The molecule has 0 saturated heterocycles. The highest BCUT2D eigenvalue weighted by atomic mass is 16.5. The SMILES string of the molecule is COc1ccc(Nc2cc(C)nc(NCc3ccncc3)n2)cc1OC. The first-order chi connectivity index (χ1) is 12.7. The van der Waals surface area contributed by atoms with Crippen LogP contribution in [0.15, 0.2) is 48.8 Å². The van der Waals surface area contributed by atoms with Gasteiger partial charge in [0.1, 0.15) is 5.82 Å². The van der Waals surface area contributed by atoms with Gasteiger partial charge in [0.15, 0.2) is 11.5 Å². The van der Waals surface area contributed by atoms with Crippen molar-refractivity contribution in [1.82, 2.24) is 15.0 Å². The van der Waals surface area contributed by atoms with Gasteiger partial charge in [-0.2, -0.15) is 4.98 Å². The molecule has 0 atom stereocenters. The average Bonchev–Trinajstić information content (AvgIpc) is 2.66. The Balaban J connectivity index is 1.75. The number of aryl methyl sites for hydroxylation is 1. The quantitative estimate of drug-likeness (QED) is 0.673. The van der Waals surface area contributed by atoms with Gasteiger partial charge < -0.3 is 20.1 Å². The molecule has 0 aliphatic rings. The molecule has 3 rings (SSSR count). The number of nitrogens with one attached hydrogen (secondary N) is 2. The Bertz CT molecular complexity index is 871. The van der Waals surface area contributed by atoms with Gasteiger partial charge in [0, 0.05) is 42.5 Å². The van der Waals surface area contributed by atoms with Gasteiger partial charge in [0.05, 0.1) is 14.2 Å². The van der Waals surface area contributed by atoms with Crippen LogP contribution in [0.25, 0.3) is 0 Å². The standard InChI is InChI=1S/C19H21N5O2/c1-13-10-18(23-15-4-5-16(25-2)17(11-15)26-3)24-19(22-13)21-12-14-6-8-20-9-7-14/h4-11H,12H2,1-3H3,(H2,21,22,23,24). The van der Waals surface area contributed by atoms with Crippen LogP contribution < -0.4 is 20.1 Å². The lowest BCUT2D eigenvalue weighted by Gasteiger charge is -2.12. The molecule has 0 amide bonds. The molecular weight excluding hydrogens is 330 g/mol. The van der Waals surface area contributed by atoms with Gasteiger partial charge in [-0.3, -0.25) is 4.98 Å². The number of nitrogens with zero attached hydrogens (tertiary/aromatic N) is 3. The van der Waals surface area contributed by atoms with Crippen molar-refractivity contribution in [3.05, 3.63) is 60.0 Å². The molecule has 3 aromatic rings. The van der Waals surface area contributed by atoms with E-state index >= 15 is 0 Å². The van der Waals surface area contributed by atoms with E-state index in [4.69, 9.17) is 9.47 Å². The van der Waals surface area contributed by atoms with Crippen LogP contribution in [0.1, 0.15) is 11.3 Å². The van der Waals surface area contributed by atoms with Gasteiger partial charge in [-0.15, -0.1) is 0 Å². The maximum atomic E-state index is 5.33. The lowest BCUT2D eigenvalue weighted by atomic mass is 10.2. The number of rotatable bonds is 7. The minimum absolute atomic E-state index is 0.560. The minimum Gasteiger partial charge on any atom is -0.493 e. The second-order valence-corrected chi connectivity index (χ2v) is 5.62. The first-order valence-electron chi connectivity index (χ1n) is 8.15. The Morgan fingerprint density at radius 1 is 0.923 bits per heavy atom. The van der Waals surface area contributed by atoms with Crippen LogP contribution in [0.5, 0.6) is 11.5 Å². The molecule has 0 radical (unpaired) electrons. The molecule has 0 spiro atoms. The zero-order chi connectivity index (χ0) is 18.4. The van der Waals surface area contributed by atoms with Crippen molar-refractivity contribution in [2.24, 2.45) is 0 Å². The second-order valence-electron chi connectivity index (χ2n) is 5.62. The van der Waals surface area contributed by atoms with E-state index in [-0.39, 0.29) is 0 Å². The summed E-state index contributed by atoms with van der Waals surface area (Å²) in [6.45, 7) is 2.56. The molecule has 2 N–H and O–H groups in total. The molecule has 0 fully saturated rings. The minimum atomic E-state index is 0.560. The zero-order valence-electron chi connectivity index (χ0n) is 15.0. The van der Waals surface area contributed by atoms with Gasteiger partial charge in [-0.1, -0.05) is 0 Å². The molecule has 134 valence electrons. The maximum absolute atomic E-state index is 5.33. The molecule has 1 aromatic carbocycles. The van der Waals surface area contributed by atoms with Crippen LogP contribution in [0, 0.1) is 6.92 Å². The van der Waals surface area contributed by atoms with Gasteiger partial charge in [-0.05, 0) is 36.8 Å². The van der Waals surface area contributed by atoms with E-state index in [1.807, 2.05) is 43.3 Å². The summed E-state index contributed by atoms with van der Waals surface area (Å²) in [5, 5.41) is 6.51. The van der Waals surface area contributed by atoms with Gasteiger partial charge >= 0.3 is 0 Å². The molecule has 7 heteroatoms. The van der Waals surface area contributed by atoms with E-state index < -0.39 is 0 Å². The molecule has 2 heterocycles. The van der Waals surface area contributed by atoms with Crippen molar-refractivity contribution in [3.8, 4) is 11.5 Å². The normalized spacial score (nSPS) is 10.3. The monoisotopic (exact) mass is 351 g/mol. The van der Waals surface area contributed by atoms with E-state index in [9.17, 15) is 0 Å². The summed E-state index contributed by atoms with van der Waals surface area (Å²) < 4.78 is 10.6. The van der Waals surface area contributed by atoms with Crippen molar-refractivity contribution in [2.75, 3.05) is 24.9 Å². The van der Waals surface area contributed by atoms with Crippen molar-refractivity contribution in [1.29, 1.82) is 0 Å². The molecule has 26 heavy (non-hydrogen) atoms. The number of anilines is 3. The highest BCUT2D eigenvalue weighted by Gasteiger charge is 2.07. The van der Waals surface area contributed by atoms with E-state index in [2.05, 4.69) is 25.6 Å². The number of hydrogen-bond donors (Lipinski definition) is 2. The number of pyridine rings is 1. The van der Waals surface area contributed by atoms with E-state index in [1.54, 1.807) is 26.6 Å². The molecule has 0 aliphatic carbocycles.